The summed E-state index contributed by atoms with van der Waals surface area (Å²) >= 11 is 1.38. The van der Waals surface area contributed by atoms with Crippen LogP contribution in [0.4, 0.5) is 15.2 Å². The van der Waals surface area contributed by atoms with Gasteiger partial charge in [0.05, 0.1) is 10.2 Å². The zero-order chi connectivity index (χ0) is 25.1. The molecule has 0 bridgehead atoms. The number of halogens is 1. The van der Waals surface area contributed by atoms with Crippen LogP contribution in [-0.2, 0) is 4.79 Å². The average molecular weight is 498 g/mol. The van der Waals surface area contributed by atoms with Crippen LogP contribution in [-0.4, -0.2) is 22.0 Å². The molecule has 1 amide bonds. The molecule has 0 aliphatic heterocycles. The van der Waals surface area contributed by atoms with Gasteiger partial charge in [0.15, 0.2) is 11.2 Å². The summed E-state index contributed by atoms with van der Waals surface area (Å²) in [7, 11) is 0. The normalized spacial score (nSPS) is 11.7. The van der Waals surface area contributed by atoms with Crippen LogP contribution >= 0.6 is 11.3 Å². The molecule has 0 aliphatic rings. The molecule has 1 unspecified atom stereocenters. The third-order valence-corrected chi connectivity index (χ3v) is 6.56. The molecule has 178 valence electrons. The minimum absolute atomic E-state index is 0.288. The summed E-state index contributed by atoms with van der Waals surface area (Å²) in [6, 6.07) is 26.6. The zero-order valence-electron chi connectivity index (χ0n) is 18.8. The van der Waals surface area contributed by atoms with Crippen molar-refractivity contribution in [1.29, 1.82) is 0 Å². The van der Waals surface area contributed by atoms with Crippen LogP contribution in [0.5, 0.6) is 0 Å². The fraction of sp³-hybridized carbons (Fsp3) is 0.0357. The van der Waals surface area contributed by atoms with E-state index in [1.54, 1.807) is 48.5 Å². The van der Waals surface area contributed by atoms with Crippen molar-refractivity contribution >= 4 is 44.2 Å². The highest BCUT2D eigenvalue weighted by atomic mass is 32.1. The monoisotopic (exact) mass is 497 g/mol. The zero-order valence-corrected chi connectivity index (χ0v) is 19.6. The molecule has 5 aromatic rings. The first kappa shape index (κ1) is 23.2. The van der Waals surface area contributed by atoms with E-state index in [9.17, 15) is 19.1 Å². The number of carbonyl (C=O) groups excluding carboxylic acids is 1. The number of hydrogen-bond acceptors (Lipinski definition) is 5. The first-order chi connectivity index (χ1) is 17.5. The molecule has 1 atom stereocenters. The Kier molecular flexibility index (Phi) is 6.42. The third kappa shape index (κ3) is 5.08. The van der Waals surface area contributed by atoms with E-state index in [2.05, 4.69) is 15.6 Å². The Morgan fingerprint density at radius 3 is 2.19 bits per heavy atom. The smallest absolute Gasteiger partial charge is 0.330 e. The first-order valence-corrected chi connectivity index (χ1v) is 11.9. The van der Waals surface area contributed by atoms with Gasteiger partial charge in [0, 0.05) is 11.3 Å². The largest absolute Gasteiger partial charge is 0.479 e. The maximum Gasteiger partial charge on any atom is 0.330 e. The van der Waals surface area contributed by atoms with Crippen LogP contribution in [0, 0.1) is 5.82 Å². The van der Waals surface area contributed by atoms with Crippen molar-refractivity contribution < 1.29 is 19.1 Å². The van der Waals surface area contributed by atoms with Crippen molar-refractivity contribution in [3.63, 3.8) is 0 Å². The summed E-state index contributed by atoms with van der Waals surface area (Å²) in [6.45, 7) is 0. The molecule has 0 fully saturated rings. The number of aliphatic carboxylic acids is 1. The highest BCUT2D eigenvalue weighted by molar-refractivity contribution is 7.22. The molecule has 0 spiro atoms. The number of benzene rings is 4. The molecule has 0 aliphatic carbocycles. The number of nitrogens with zero attached hydrogens (tertiary/aromatic N) is 1. The van der Waals surface area contributed by atoms with Gasteiger partial charge in [-0.2, -0.15) is 0 Å². The Morgan fingerprint density at radius 2 is 1.53 bits per heavy atom. The van der Waals surface area contributed by atoms with Crippen molar-refractivity contribution in [3.05, 3.63) is 114 Å². The predicted molar refractivity (Wildman–Crippen MR) is 139 cm³/mol. The number of carboxylic acid groups (broad SMARTS) is 1. The Balaban J connectivity index is 1.26. The number of amides is 1. The van der Waals surface area contributed by atoms with Crippen LogP contribution < -0.4 is 10.6 Å². The average Bonchev–Trinajstić information content (AvgIpc) is 3.29. The lowest BCUT2D eigenvalue weighted by Crippen LogP contribution is -2.33. The van der Waals surface area contributed by atoms with E-state index in [4.69, 9.17) is 0 Å². The summed E-state index contributed by atoms with van der Waals surface area (Å²) < 4.78 is 14.2. The lowest BCUT2D eigenvalue weighted by Gasteiger charge is -2.15. The van der Waals surface area contributed by atoms with Gasteiger partial charge in [-0.3, -0.25) is 4.79 Å². The summed E-state index contributed by atoms with van der Waals surface area (Å²) in [5.74, 6) is -1.88. The van der Waals surface area contributed by atoms with Gasteiger partial charge in [-0.15, -0.1) is 0 Å². The molecule has 36 heavy (non-hydrogen) atoms. The quantitative estimate of drug-likeness (QED) is 0.242. The number of hydrogen-bond donors (Lipinski definition) is 3. The Labute approximate surface area is 210 Å². The van der Waals surface area contributed by atoms with Gasteiger partial charge in [0.25, 0.3) is 5.91 Å². The SMILES string of the molecule is O=C(NC(C(=O)O)c1ccccc1)c1ccc(-c2ccc(Nc3nc4ccc(F)cc4s3)cc2)cc1. The predicted octanol–water partition coefficient (Wildman–Crippen LogP) is 6.40. The molecular formula is C28H20FN3O3S. The van der Waals surface area contributed by atoms with Gasteiger partial charge in [-0.1, -0.05) is 65.9 Å². The van der Waals surface area contributed by atoms with Crippen LogP contribution in [0.15, 0.2) is 97.1 Å². The van der Waals surface area contributed by atoms with E-state index in [0.29, 0.717) is 16.3 Å². The van der Waals surface area contributed by atoms with E-state index >= 15 is 0 Å². The molecule has 3 N–H and O–H groups in total. The van der Waals surface area contributed by atoms with E-state index < -0.39 is 17.9 Å². The van der Waals surface area contributed by atoms with Crippen LogP contribution in [0.3, 0.4) is 0 Å². The minimum atomic E-state index is -1.13. The molecule has 0 saturated carbocycles. The van der Waals surface area contributed by atoms with Crippen molar-refractivity contribution in [2.45, 2.75) is 6.04 Å². The van der Waals surface area contributed by atoms with Crippen molar-refractivity contribution in [2.24, 2.45) is 0 Å². The Bertz CT molecular complexity index is 1530. The molecule has 5 rings (SSSR count). The Hall–Kier alpha value is -4.56. The number of anilines is 2. The molecule has 8 heteroatoms. The number of nitrogens with one attached hydrogen (secondary N) is 2. The van der Waals surface area contributed by atoms with Crippen LogP contribution in [0.25, 0.3) is 21.3 Å². The van der Waals surface area contributed by atoms with Gasteiger partial charge in [-0.05, 0) is 59.2 Å². The molecule has 0 radical (unpaired) electrons. The molecule has 6 nitrogen and oxygen atoms in total. The van der Waals surface area contributed by atoms with E-state index in [-0.39, 0.29) is 5.82 Å². The van der Waals surface area contributed by atoms with E-state index in [1.807, 2.05) is 36.4 Å². The molecule has 0 saturated heterocycles. The molecule has 1 aromatic heterocycles. The molecular weight excluding hydrogens is 477 g/mol. The fourth-order valence-corrected chi connectivity index (χ4v) is 4.69. The lowest BCUT2D eigenvalue weighted by molar-refractivity contribution is -0.139. The van der Waals surface area contributed by atoms with E-state index in [1.165, 1.54) is 23.5 Å². The molecule has 1 heterocycles. The lowest BCUT2D eigenvalue weighted by atomic mass is 10.0. The van der Waals surface area contributed by atoms with Gasteiger partial charge in [0.2, 0.25) is 0 Å². The number of aromatic nitrogens is 1. The number of carboxylic acids is 1. The van der Waals surface area contributed by atoms with Crippen molar-refractivity contribution in [3.8, 4) is 11.1 Å². The number of fused-ring (bicyclic) bond motifs is 1. The van der Waals surface area contributed by atoms with Gasteiger partial charge in [-0.25, -0.2) is 14.2 Å². The maximum absolute atomic E-state index is 13.4. The van der Waals surface area contributed by atoms with Crippen molar-refractivity contribution in [1.82, 2.24) is 10.3 Å². The van der Waals surface area contributed by atoms with E-state index in [0.717, 1.165) is 27.0 Å². The highest BCUT2D eigenvalue weighted by Gasteiger charge is 2.22. The number of carbonyl (C=O) groups is 2. The maximum atomic E-state index is 13.4. The third-order valence-electron chi connectivity index (χ3n) is 5.62. The fourth-order valence-electron chi connectivity index (χ4n) is 3.78. The second-order valence-corrected chi connectivity index (χ2v) is 9.10. The number of thiazole rings is 1. The standard InChI is InChI=1S/C28H20FN3O3S/c29-21-12-15-23-24(16-21)36-28(31-23)30-22-13-10-18(11-14-22)17-6-8-20(9-7-17)26(33)32-25(27(34)35)19-4-2-1-3-5-19/h1-16,25H,(H,30,31)(H,32,33)(H,34,35). The van der Waals surface area contributed by atoms with Gasteiger partial charge < -0.3 is 15.7 Å². The van der Waals surface area contributed by atoms with Crippen molar-refractivity contribution in [2.75, 3.05) is 5.32 Å². The second-order valence-electron chi connectivity index (χ2n) is 8.07. The van der Waals surface area contributed by atoms with Crippen LogP contribution in [0.2, 0.25) is 0 Å². The summed E-state index contributed by atoms with van der Waals surface area (Å²) in [4.78, 5) is 28.8. The van der Waals surface area contributed by atoms with Gasteiger partial charge in [0.1, 0.15) is 5.82 Å². The summed E-state index contributed by atoms with van der Waals surface area (Å²) in [5.41, 5.74) is 4.31. The Morgan fingerprint density at radius 1 is 0.861 bits per heavy atom. The first-order valence-electron chi connectivity index (χ1n) is 11.1. The topological polar surface area (TPSA) is 91.3 Å². The minimum Gasteiger partial charge on any atom is -0.479 e. The second kappa shape index (κ2) is 9.97. The summed E-state index contributed by atoms with van der Waals surface area (Å²) in [5, 5.41) is 16.0. The van der Waals surface area contributed by atoms with Crippen LogP contribution in [0.1, 0.15) is 22.0 Å². The highest BCUT2D eigenvalue weighted by Crippen LogP contribution is 2.30. The van der Waals surface area contributed by atoms with Gasteiger partial charge >= 0.3 is 5.97 Å². The molecule has 4 aromatic carbocycles. The number of rotatable bonds is 7. The summed E-state index contributed by atoms with van der Waals surface area (Å²) in [6.07, 6.45) is 0.